The van der Waals surface area contributed by atoms with Crippen molar-refractivity contribution in [2.75, 3.05) is 13.1 Å². The van der Waals surface area contributed by atoms with Crippen LogP contribution in [0.3, 0.4) is 0 Å². The van der Waals surface area contributed by atoms with Gasteiger partial charge in [-0.25, -0.2) is 8.42 Å². The Labute approximate surface area is 156 Å². The number of primary amides is 1. The van der Waals surface area contributed by atoms with Crippen LogP contribution in [0.25, 0.3) is 0 Å². The molecule has 2 amide bonds. The summed E-state index contributed by atoms with van der Waals surface area (Å²) in [6.07, 6.45) is 1.25. The Morgan fingerprint density at radius 3 is 2.81 bits per heavy atom. The zero-order valence-corrected chi connectivity index (χ0v) is 16.1. The molecule has 0 radical (unpaired) electrons. The van der Waals surface area contributed by atoms with Gasteiger partial charge < -0.3 is 11.1 Å². The van der Waals surface area contributed by atoms with Gasteiger partial charge in [0.05, 0.1) is 12.6 Å². The van der Waals surface area contributed by atoms with E-state index in [9.17, 15) is 22.8 Å². The van der Waals surface area contributed by atoms with Crippen LogP contribution in [0.5, 0.6) is 0 Å². The van der Waals surface area contributed by atoms with E-state index in [0.29, 0.717) is 19.3 Å². The van der Waals surface area contributed by atoms with Crippen LogP contribution in [0.15, 0.2) is 21.7 Å². The lowest BCUT2D eigenvalue weighted by Crippen LogP contribution is -2.44. The fourth-order valence-corrected chi connectivity index (χ4v) is 5.24. The summed E-state index contributed by atoms with van der Waals surface area (Å²) in [5, 5.41) is 4.32. The fraction of sp³-hybridized carbons (Fsp3) is 0.562. The van der Waals surface area contributed by atoms with Crippen LogP contribution >= 0.6 is 11.3 Å². The first kappa shape index (κ1) is 20.5. The van der Waals surface area contributed by atoms with E-state index in [4.69, 9.17) is 5.73 Å². The maximum absolute atomic E-state index is 12.6. The average molecular weight is 402 g/mol. The van der Waals surface area contributed by atoms with E-state index in [0.717, 1.165) is 11.3 Å². The van der Waals surface area contributed by atoms with E-state index in [1.54, 1.807) is 18.4 Å². The van der Waals surface area contributed by atoms with Crippen LogP contribution < -0.4 is 11.1 Å². The van der Waals surface area contributed by atoms with Crippen molar-refractivity contribution in [3.63, 3.8) is 0 Å². The number of amides is 2. The number of nitrogens with zero attached hydrogens (tertiary/aromatic N) is 1. The minimum absolute atomic E-state index is 0.0884. The van der Waals surface area contributed by atoms with Gasteiger partial charge in [-0.15, -0.1) is 11.3 Å². The largest absolute Gasteiger partial charge is 0.369 e. The molecule has 0 saturated carbocycles. The third-order valence-electron chi connectivity index (χ3n) is 4.34. The molecule has 2 atom stereocenters. The summed E-state index contributed by atoms with van der Waals surface area (Å²) in [7, 11) is -3.69. The van der Waals surface area contributed by atoms with Gasteiger partial charge in [-0.05, 0) is 30.7 Å². The van der Waals surface area contributed by atoms with Gasteiger partial charge in [0, 0.05) is 18.9 Å². The maximum atomic E-state index is 12.6. The van der Waals surface area contributed by atoms with Crippen molar-refractivity contribution in [3.05, 3.63) is 17.5 Å². The van der Waals surface area contributed by atoms with Crippen molar-refractivity contribution in [2.24, 2.45) is 11.7 Å². The summed E-state index contributed by atoms with van der Waals surface area (Å²) in [6.45, 7) is 1.61. The third-order valence-corrected chi connectivity index (χ3v) is 7.55. The van der Waals surface area contributed by atoms with E-state index in [2.05, 4.69) is 5.32 Å². The number of nitrogens with one attached hydrogen (secondary N) is 1. The van der Waals surface area contributed by atoms with Crippen LogP contribution in [-0.2, 0) is 24.4 Å². The monoisotopic (exact) mass is 401 g/mol. The predicted octanol–water partition coefficient (Wildman–Crippen LogP) is 0.488. The number of thiophene rings is 1. The minimum Gasteiger partial charge on any atom is -0.369 e. The molecule has 8 nitrogen and oxygen atoms in total. The highest BCUT2D eigenvalue weighted by molar-refractivity contribution is 7.91. The average Bonchev–Trinajstić information content (AvgIpc) is 3.06. The van der Waals surface area contributed by atoms with Gasteiger partial charge in [0.25, 0.3) is 10.0 Å². The number of carbonyl (C=O) groups excluding carboxylic acids is 3. The van der Waals surface area contributed by atoms with Crippen molar-refractivity contribution in [3.8, 4) is 0 Å². The second-order valence-corrected chi connectivity index (χ2v) is 9.45. The Balaban J connectivity index is 1.95. The number of Topliss-reactive ketones (excluding diaryl/α,β-unsaturated/α-hetero) is 1. The molecule has 1 unspecified atom stereocenters. The molecular formula is C16H23N3O5S2. The lowest BCUT2D eigenvalue weighted by molar-refractivity contribution is -0.128. The van der Waals surface area contributed by atoms with Crippen molar-refractivity contribution in [1.82, 2.24) is 9.62 Å². The van der Waals surface area contributed by atoms with Gasteiger partial charge in [0.15, 0.2) is 5.78 Å². The lowest BCUT2D eigenvalue weighted by Gasteiger charge is -2.19. The Kier molecular flexibility index (Phi) is 6.90. The number of nitrogens with two attached hydrogens (primary N) is 1. The molecule has 1 fully saturated rings. The van der Waals surface area contributed by atoms with Gasteiger partial charge in [-0.3, -0.25) is 14.4 Å². The first-order valence-electron chi connectivity index (χ1n) is 8.37. The van der Waals surface area contributed by atoms with Crippen LogP contribution in [0.4, 0.5) is 0 Å². The summed E-state index contributed by atoms with van der Waals surface area (Å²) in [4.78, 5) is 35.4. The summed E-state index contributed by atoms with van der Waals surface area (Å²) in [6, 6.07) is 2.44. The molecular weight excluding hydrogens is 378 g/mol. The van der Waals surface area contributed by atoms with Gasteiger partial charge in [0.2, 0.25) is 11.8 Å². The summed E-state index contributed by atoms with van der Waals surface area (Å²) in [5.74, 6) is -1.57. The first-order valence-corrected chi connectivity index (χ1v) is 10.7. The van der Waals surface area contributed by atoms with E-state index in [-0.39, 0.29) is 35.4 Å². The molecule has 0 aromatic carbocycles. The van der Waals surface area contributed by atoms with Crippen molar-refractivity contribution < 1.29 is 22.8 Å². The molecule has 1 aromatic heterocycles. The Morgan fingerprint density at radius 1 is 1.46 bits per heavy atom. The van der Waals surface area contributed by atoms with Crippen LogP contribution in [-0.4, -0.2) is 49.5 Å². The fourth-order valence-electron chi connectivity index (χ4n) is 2.65. The van der Waals surface area contributed by atoms with E-state index < -0.39 is 27.9 Å². The van der Waals surface area contributed by atoms with E-state index in [1.807, 2.05) is 0 Å². The zero-order chi connectivity index (χ0) is 19.3. The van der Waals surface area contributed by atoms with Crippen molar-refractivity contribution in [2.45, 2.75) is 42.9 Å². The molecule has 3 N–H and O–H groups in total. The molecule has 1 aliphatic rings. The van der Waals surface area contributed by atoms with Crippen molar-refractivity contribution >= 4 is 39.0 Å². The molecule has 1 saturated heterocycles. The summed E-state index contributed by atoms with van der Waals surface area (Å²) >= 11 is 1.11. The lowest BCUT2D eigenvalue weighted by atomic mass is 10.0. The highest BCUT2D eigenvalue weighted by Crippen LogP contribution is 2.23. The second-order valence-electron chi connectivity index (χ2n) is 6.34. The standard InChI is InChI=1S/C16H23N3O5S2/c1-11(16(17)22)6-7-14(21)18-12-4-2-8-19(10-13(12)20)26(23,24)15-5-3-9-25-15/h3,5,9,11-12H,2,4,6-8,10H2,1H3,(H2,17,22)(H,18,21)/t11?,12-/m0/s1. The molecule has 1 aliphatic heterocycles. The molecule has 0 spiro atoms. The molecule has 2 heterocycles. The van der Waals surface area contributed by atoms with Crippen LogP contribution in [0, 0.1) is 5.92 Å². The molecule has 1 aromatic rings. The summed E-state index contributed by atoms with van der Waals surface area (Å²) in [5.41, 5.74) is 5.16. The topological polar surface area (TPSA) is 127 Å². The number of hydrogen-bond acceptors (Lipinski definition) is 6. The van der Waals surface area contributed by atoms with Gasteiger partial charge in [-0.2, -0.15) is 4.31 Å². The van der Waals surface area contributed by atoms with Gasteiger partial charge in [0.1, 0.15) is 4.21 Å². The Bertz CT molecular complexity index is 761. The quantitative estimate of drug-likeness (QED) is 0.687. The smallest absolute Gasteiger partial charge is 0.252 e. The first-order chi connectivity index (χ1) is 12.2. The molecule has 144 valence electrons. The zero-order valence-electron chi connectivity index (χ0n) is 14.5. The van der Waals surface area contributed by atoms with Crippen LogP contribution in [0.1, 0.15) is 32.6 Å². The minimum atomic E-state index is -3.69. The number of rotatable bonds is 7. The molecule has 10 heteroatoms. The Hall–Kier alpha value is -1.78. The van der Waals surface area contributed by atoms with Gasteiger partial charge >= 0.3 is 0 Å². The van der Waals surface area contributed by atoms with Crippen LogP contribution in [0.2, 0.25) is 0 Å². The van der Waals surface area contributed by atoms with Gasteiger partial charge in [-0.1, -0.05) is 13.0 Å². The molecule has 2 rings (SSSR count). The number of hydrogen-bond donors (Lipinski definition) is 2. The number of carbonyl (C=O) groups is 3. The highest BCUT2D eigenvalue weighted by Gasteiger charge is 2.33. The number of sulfonamides is 1. The van der Waals surface area contributed by atoms with E-state index in [1.165, 1.54) is 10.4 Å². The Morgan fingerprint density at radius 2 is 2.19 bits per heavy atom. The normalized spacial score (nSPS) is 20.3. The van der Waals surface area contributed by atoms with Crippen molar-refractivity contribution in [1.29, 1.82) is 0 Å². The second kappa shape index (κ2) is 8.74. The van der Waals surface area contributed by atoms with E-state index >= 15 is 0 Å². The SMILES string of the molecule is CC(CCC(=O)N[C@H]1CCCN(S(=O)(=O)c2cccs2)CC1=O)C(N)=O. The molecule has 0 bridgehead atoms. The highest BCUT2D eigenvalue weighted by atomic mass is 32.2. The molecule has 0 aliphatic carbocycles. The predicted molar refractivity (Wildman–Crippen MR) is 96.8 cm³/mol. The number of ketones is 1. The maximum Gasteiger partial charge on any atom is 0.252 e. The third kappa shape index (κ3) is 5.12. The summed E-state index contributed by atoms with van der Waals surface area (Å²) < 4.78 is 26.5. The molecule has 26 heavy (non-hydrogen) atoms.